The van der Waals surface area contributed by atoms with Crippen LogP contribution in [0.5, 0.6) is 5.75 Å². The van der Waals surface area contributed by atoms with E-state index >= 15 is 0 Å². The Kier molecular flexibility index (Phi) is 3.36. The largest absolute Gasteiger partial charge is 0.496 e. The van der Waals surface area contributed by atoms with Crippen molar-refractivity contribution in [2.24, 2.45) is 0 Å². The van der Waals surface area contributed by atoms with Crippen molar-refractivity contribution in [3.05, 3.63) is 18.2 Å². The van der Waals surface area contributed by atoms with Gasteiger partial charge in [0.1, 0.15) is 5.75 Å². The molecule has 1 rings (SSSR count). The van der Waals surface area contributed by atoms with Crippen LogP contribution in [-0.4, -0.2) is 12.9 Å². The minimum Gasteiger partial charge on any atom is -0.496 e. The summed E-state index contributed by atoms with van der Waals surface area (Å²) in [4.78, 5) is 0.359. The topological polar surface area (TPSA) is 35.2 Å². The monoisotopic (exact) mass is 205 g/mol. The highest BCUT2D eigenvalue weighted by molar-refractivity contribution is 7.99. The van der Waals surface area contributed by atoms with Crippen LogP contribution in [0.2, 0.25) is 0 Å². The lowest BCUT2D eigenvalue weighted by molar-refractivity contribution is 0.251. The molecule has 72 valence electrons. The standard InChI is InChI=1S/C8H9F2NOS/c1-12-6-3-2-5(11)4-7(6)13-8(9)10/h2-4,8H,11H2,1H3. The molecule has 1 aromatic rings. The second-order valence-corrected chi connectivity index (χ2v) is 3.32. The first-order valence-corrected chi connectivity index (χ1v) is 4.39. The minimum atomic E-state index is -2.46. The van der Waals surface area contributed by atoms with Crippen LogP contribution in [0.15, 0.2) is 23.1 Å². The van der Waals surface area contributed by atoms with E-state index in [0.29, 0.717) is 28.1 Å². The van der Waals surface area contributed by atoms with Gasteiger partial charge in [-0.05, 0) is 18.2 Å². The summed E-state index contributed by atoms with van der Waals surface area (Å²) < 4.78 is 29.0. The van der Waals surface area contributed by atoms with E-state index in [1.165, 1.54) is 13.2 Å². The maximum absolute atomic E-state index is 12.0. The van der Waals surface area contributed by atoms with Crippen molar-refractivity contribution in [1.82, 2.24) is 0 Å². The van der Waals surface area contributed by atoms with Gasteiger partial charge in [-0.1, -0.05) is 11.8 Å². The molecule has 0 aromatic heterocycles. The zero-order chi connectivity index (χ0) is 9.84. The first-order chi connectivity index (χ1) is 6.13. The molecule has 0 bridgehead atoms. The fourth-order valence-corrected chi connectivity index (χ4v) is 1.54. The predicted molar refractivity (Wildman–Crippen MR) is 49.3 cm³/mol. The molecule has 0 aliphatic carbocycles. The highest BCUT2D eigenvalue weighted by Crippen LogP contribution is 2.34. The van der Waals surface area contributed by atoms with Gasteiger partial charge in [0.05, 0.1) is 12.0 Å². The molecule has 0 aliphatic heterocycles. The van der Waals surface area contributed by atoms with Gasteiger partial charge in [0.2, 0.25) is 0 Å². The molecular formula is C8H9F2NOS. The van der Waals surface area contributed by atoms with Gasteiger partial charge in [-0.15, -0.1) is 0 Å². The number of rotatable bonds is 3. The number of halogens is 2. The van der Waals surface area contributed by atoms with Crippen LogP contribution in [0.4, 0.5) is 14.5 Å². The fraction of sp³-hybridized carbons (Fsp3) is 0.250. The molecule has 0 amide bonds. The molecular weight excluding hydrogens is 196 g/mol. The number of hydrogen-bond donors (Lipinski definition) is 1. The Bertz CT molecular complexity index is 293. The van der Waals surface area contributed by atoms with Gasteiger partial charge in [0.25, 0.3) is 5.76 Å². The summed E-state index contributed by atoms with van der Waals surface area (Å²) >= 11 is 0.425. The minimum absolute atomic E-state index is 0.359. The number of alkyl halides is 2. The zero-order valence-corrected chi connectivity index (χ0v) is 7.78. The summed E-state index contributed by atoms with van der Waals surface area (Å²) in [5.74, 6) is -2.05. The highest BCUT2D eigenvalue weighted by Gasteiger charge is 2.10. The second kappa shape index (κ2) is 4.32. The summed E-state index contributed by atoms with van der Waals surface area (Å²) in [5, 5.41) is 0. The molecule has 0 saturated heterocycles. The SMILES string of the molecule is COc1ccc(N)cc1SC(F)F. The van der Waals surface area contributed by atoms with Crippen LogP contribution in [0.25, 0.3) is 0 Å². The Morgan fingerprint density at radius 2 is 2.15 bits per heavy atom. The third-order valence-corrected chi connectivity index (χ3v) is 2.15. The van der Waals surface area contributed by atoms with Gasteiger partial charge in [-0.25, -0.2) is 0 Å². The first-order valence-electron chi connectivity index (χ1n) is 3.52. The number of anilines is 1. The van der Waals surface area contributed by atoms with E-state index in [1.54, 1.807) is 12.1 Å². The highest BCUT2D eigenvalue weighted by atomic mass is 32.2. The molecule has 0 aliphatic rings. The number of nitrogens with two attached hydrogens (primary N) is 1. The van der Waals surface area contributed by atoms with Crippen LogP contribution in [0, 0.1) is 0 Å². The van der Waals surface area contributed by atoms with Gasteiger partial charge >= 0.3 is 0 Å². The van der Waals surface area contributed by atoms with Crippen LogP contribution in [0.1, 0.15) is 0 Å². The van der Waals surface area contributed by atoms with Gasteiger partial charge in [0, 0.05) is 5.69 Å². The van der Waals surface area contributed by atoms with E-state index in [1.807, 2.05) is 0 Å². The van der Waals surface area contributed by atoms with E-state index in [0.717, 1.165) is 0 Å². The number of methoxy groups -OCH3 is 1. The summed E-state index contributed by atoms with van der Waals surface area (Å²) in [6, 6.07) is 4.64. The van der Waals surface area contributed by atoms with Crippen molar-refractivity contribution in [3.8, 4) is 5.75 Å². The lowest BCUT2D eigenvalue weighted by Gasteiger charge is -2.07. The number of ether oxygens (including phenoxy) is 1. The number of thioether (sulfide) groups is 1. The van der Waals surface area contributed by atoms with Crippen molar-refractivity contribution < 1.29 is 13.5 Å². The molecule has 5 heteroatoms. The second-order valence-electron chi connectivity index (χ2n) is 2.29. The van der Waals surface area contributed by atoms with Crippen LogP contribution in [0.3, 0.4) is 0 Å². The molecule has 0 unspecified atom stereocenters. The molecule has 13 heavy (non-hydrogen) atoms. The molecule has 2 nitrogen and oxygen atoms in total. The van der Waals surface area contributed by atoms with Gasteiger partial charge in [0.15, 0.2) is 0 Å². The van der Waals surface area contributed by atoms with Crippen LogP contribution >= 0.6 is 11.8 Å². The summed E-state index contributed by atoms with van der Waals surface area (Å²) in [7, 11) is 1.43. The Balaban J connectivity index is 2.94. The predicted octanol–water partition coefficient (Wildman–Crippen LogP) is 2.59. The average molecular weight is 205 g/mol. The van der Waals surface area contributed by atoms with Crippen molar-refractivity contribution >= 4 is 17.4 Å². The van der Waals surface area contributed by atoms with Crippen molar-refractivity contribution in [2.75, 3.05) is 12.8 Å². The third kappa shape index (κ3) is 2.77. The number of nitrogen functional groups attached to an aromatic ring is 1. The molecule has 0 atom stereocenters. The molecule has 0 spiro atoms. The molecule has 0 radical (unpaired) electrons. The quantitative estimate of drug-likeness (QED) is 0.608. The molecule has 0 saturated carbocycles. The van der Waals surface area contributed by atoms with E-state index in [4.69, 9.17) is 10.5 Å². The van der Waals surface area contributed by atoms with Crippen molar-refractivity contribution in [3.63, 3.8) is 0 Å². The van der Waals surface area contributed by atoms with Crippen molar-refractivity contribution in [2.45, 2.75) is 10.7 Å². The zero-order valence-electron chi connectivity index (χ0n) is 6.96. The maximum atomic E-state index is 12.0. The summed E-state index contributed by atoms with van der Waals surface area (Å²) in [6.07, 6.45) is 0. The Morgan fingerprint density at radius 1 is 1.46 bits per heavy atom. The van der Waals surface area contributed by atoms with Gasteiger partial charge in [-0.3, -0.25) is 0 Å². The van der Waals surface area contributed by atoms with E-state index < -0.39 is 5.76 Å². The Hall–Kier alpha value is -0.970. The van der Waals surface area contributed by atoms with Gasteiger partial charge < -0.3 is 10.5 Å². The van der Waals surface area contributed by atoms with Crippen molar-refractivity contribution in [1.29, 1.82) is 0 Å². The van der Waals surface area contributed by atoms with E-state index in [2.05, 4.69) is 0 Å². The first kappa shape index (κ1) is 10.1. The fourth-order valence-electron chi connectivity index (χ4n) is 0.881. The lowest BCUT2D eigenvalue weighted by atomic mass is 10.3. The summed E-state index contributed by atoms with van der Waals surface area (Å²) in [5.41, 5.74) is 5.89. The molecule has 1 aromatic carbocycles. The molecule has 2 N–H and O–H groups in total. The normalized spacial score (nSPS) is 10.5. The lowest BCUT2D eigenvalue weighted by Crippen LogP contribution is -1.91. The Labute approximate surface area is 79.1 Å². The van der Waals surface area contributed by atoms with E-state index in [-0.39, 0.29) is 0 Å². The number of hydrogen-bond acceptors (Lipinski definition) is 3. The maximum Gasteiger partial charge on any atom is 0.289 e. The Morgan fingerprint density at radius 3 is 2.69 bits per heavy atom. The van der Waals surface area contributed by atoms with Gasteiger partial charge in [-0.2, -0.15) is 8.78 Å². The smallest absolute Gasteiger partial charge is 0.289 e. The van der Waals surface area contributed by atoms with Crippen LogP contribution < -0.4 is 10.5 Å². The average Bonchev–Trinajstić information content (AvgIpc) is 2.03. The molecule has 0 heterocycles. The summed E-state index contributed by atoms with van der Waals surface area (Å²) in [6.45, 7) is 0. The van der Waals surface area contributed by atoms with Crippen LogP contribution in [-0.2, 0) is 0 Å². The number of benzene rings is 1. The third-order valence-electron chi connectivity index (χ3n) is 1.40. The molecule has 0 fully saturated rings. The van der Waals surface area contributed by atoms with E-state index in [9.17, 15) is 8.78 Å².